The molecular formula is C27H27Cl2N5O3. The first-order valence-electron chi connectivity index (χ1n) is 11.6. The molecule has 1 aliphatic heterocycles. The van der Waals surface area contributed by atoms with E-state index in [4.69, 9.17) is 33.7 Å². The van der Waals surface area contributed by atoms with Crippen molar-refractivity contribution in [1.82, 2.24) is 15.2 Å². The van der Waals surface area contributed by atoms with Crippen molar-refractivity contribution in [3.05, 3.63) is 101 Å². The van der Waals surface area contributed by atoms with Gasteiger partial charge in [-0.2, -0.15) is 0 Å². The molecule has 0 radical (unpaired) electrons. The van der Waals surface area contributed by atoms with Crippen LogP contribution in [0.1, 0.15) is 23.7 Å². The number of urea groups is 1. The number of amides is 3. The van der Waals surface area contributed by atoms with E-state index in [1.807, 2.05) is 42.5 Å². The lowest BCUT2D eigenvalue weighted by Gasteiger charge is -2.42. The Hall–Kier alpha value is -3.75. The number of ether oxygens (including phenoxy) is 1. The monoisotopic (exact) mass is 539 g/mol. The van der Waals surface area contributed by atoms with Gasteiger partial charge in [0.25, 0.3) is 0 Å². The number of halogens is 2. The van der Waals surface area contributed by atoms with Crippen molar-refractivity contribution in [3.8, 4) is 0 Å². The van der Waals surface area contributed by atoms with Crippen molar-refractivity contribution >= 4 is 46.5 Å². The highest BCUT2D eigenvalue weighted by Crippen LogP contribution is 2.45. The number of anilines is 1. The van der Waals surface area contributed by atoms with E-state index < -0.39 is 16.9 Å². The molecule has 0 fully saturated rings. The largest absolute Gasteiger partial charge is 0.487 e. The van der Waals surface area contributed by atoms with Crippen LogP contribution in [-0.2, 0) is 22.7 Å². The molecule has 37 heavy (non-hydrogen) atoms. The number of aromatic nitrogens is 1. The quantitative estimate of drug-likeness (QED) is 0.334. The molecule has 4 rings (SSSR count). The van der Waals surface area contributed by atoms with Crippen molar-refractivity contribution in [2.75, 3.05) is 18.5 Å². The molecule has 0 aliphatic carbocycles. The van der Waals surface area contributed by atoms with Crippen LogP contribution < -0.4 is 16.0 Å². The van der Waals surface area contributed by atoms with Gasteiger partial charge in [0.05, 0.1) is 30.2 Å². The van der Waals surface area contributed by atoms with Crippen LogP contribution in [0.3, 0.4) is 0 Å². The fourth-order valence-corrected chi connectivity index (χ4v) is 4.61. The summed E-state index contributed by atoms with van der Waals surface area (Å²) in [5.74, 6) is -0.228. The fraction of sp³-hybridized carbons (Fsp3) is 0.222. The first-order chi connectivity index (χ1) is 17.7. The molecule has 1 aliphatic rings. The summed E-state index contributed by atoms with van der Waals surface area (Å²) >= 11 is 13.2. The minimum absolute atomic E-state index is 0.201. The van der Waals surface area contributed by atoms with Crippen LogP contribution in [-0.4, -0.2) is 40.4 Å². The van der Waals surface area contributed by atoms with E-state index in [2.05, 4.69) is 10.3 Å². The summed E-state index contributed by atoms with van der Waals surface area (Å²) in [5, 5.41) is 3.10. The molecular weight excluding hydrogens is 513 g/mol. The van der Waals surface area contributed by atoms with E-state index in [1.54, 1.807) is 44.4 Å². The number of pyridine rings is 1. The number of rotatable bonds is 7. The van der Waals surface area contributed by atoms with E-state index >= 15 is 0 Å². The smallest absolute Gasteiger partial charge is 0.317 e. The van der Waals surface area contributed by atoms with Gasteiger partial charge in [0.2, 0.25) is 5.91 Å². The maximum absolute atomic E-state index is 13.5. The molecule has 3 amide bonds. The predicted octanol–water partition coefficient (Wildman–Crippen LogP) is 4.72. The number of nitrogens with two attached hydrogens (primary N) is 1. The maximum Gasteiger partial charge on any atom is 0.317 e. The standard InChI is InChI=1S/C27H27Cl2N5O3/c1-27(29)25(37-17-18-8-4-3-5-9-18)24(30)21-14-19(28)11-12-22(21)34(27)23(35)15-32-26(36)33(2)16-20-10-6-7-13-31-20/h3-14H,15-17,30H2,1-2H3,(H,32,36). The summed E-state index contributed by atoms with van der Waals surface area (Å²) in [7, 11) is 1.62. The van der Waals surface area contributed by atoms with Crippen LogP contribution >= 0.6 is 23.2 Å². The SMILES string of the molecule is CN(Cc1ccccn1)C(=O)NCC(=O)N1c2ccc(Cl)cc2C(N)=C(OCc2ccccc2)C1(C)Cl. The number of benzene rings is 2. The lowest BCUT2D eigenvalue weighted by atomic mass is 9.98. The first kappa shape index (κ1) is 26.3. The van der Waals surface area contributed by atoms with Gasteiger partial charge in [-0.3, -0.25) is 14.7 Å². The van der Waals surface area contributed by atoms with Gasteiger partial charge in [-0.05, 0) is 42.8 Å². The van der Waals surface area contributed by atoms with Crippen molar-refractivity contribution in [1.29, 1.82) is 0 Å². The number of alkyl halides is 1. The Labute approximate surface area is 225 Å². The van der Waals surface area contributed by atoms with Gasteiger partial charge in [-0.1, -0.05) is 59.6 Å². The third kappa shape index (κ3) is 5.81. The highest BCUT2D eigenvalue weighted by molar-refractivity contribution is 6.32. The van der Waals surface area contributed by atoms with E-state index in [-0.39, 0.29) is 31.2 Å². The van der Waals surface area contributed by atoms with Gasteiger partial charge in [-0.15, -0.1) is 0 Å². The summed E-state index contributed by atoms with van der Waals surface area (Å²) in [4.78, 5) is 31.8. The normalized spacial score (nSPS) is 16.7. The molecule has 0 saturated heterocycles. The number of fused-ring (bicyclic) bond motifs is 1. The van der Waals surface area contributed by atoms with Crippen LogP contribution in [0.5, 0.6) is 0 Å². The molecule has 10 heteroatoms. The molecule has 0 saturated carbocycles. The molecule has 8 nitrogen and oxygen atoms in total. The summed E-state index contributed by atoms with van der Waals surface area (Å²) in [6.45, 7) is 1.82. The lowest BCUT2D eigenvalue weighted by Crippen LogP contribution is -2.54. The van der Waals surface area contributed by atoms with Crippen LogP contribution in [0.15, 0.2) is 78.7 Å². The summed E-state index contributed by atoms with van der Waals surface area (Å²) in [5.41, 5.74) is 9.39. The third-order valence-corrected chi connectivity index (χ3v) is 6.48. The van der Waals surface area contributed by atoms with Crippen molar-refractivity contribution in [2.45, 2.75) is 25.1 Å². The molecule has 3 aromatic rings. The van der Waals surface area contributed by atoms with Gasteiger partial charge < -0.3 is 20.7 Å². The van der Waals surface area contributed by atoms with Gasteiger partial charge >= 0.3 is 6.03 Å². The van der Waals surface area contributed by atoms with Gasteiger partial charge in [0.1, 0.15) is 6.61 Å². The minimum Gasteiger partial charge on any atom is -0.487 e. The molecule has 3 N–H and O–H groups in total. The number of hydrogen-bond donors (Lipinski definition) is 2. The average Bonchev–Trinajstić information content (AvgIpc) is 2.88. The predicted molar refractivity (Wildman–Crippen MR) is 145 cm³/mol. The Bertz CT molecular complexity index is 1320. The van der Waals surface area contributed by atoms with E-state index in [9.17, 15) is 9.59 Å². The molecule has 2 heterocycles. The zero-order valence-corrected chi connectivity index (χ0v) is 22.0. The Kier molecular flexibility index (Phi) is 7.90. The zero-order valence-electron chi connectivity index (χ0n) is 20.4. The van der Waals surface area contributed by atoms with Gasteiger partial charge in [0, 0.05) is 23.8 Å². The number of carbonyl (C=O) groups is 2. The molecule has 1 aromatic heterocycles. The second kappa shape index (κ2) is 11.1. The molecule has 2 aromatic carbocycles. The number of hydrogen-bond acceptors (Lipinski definition) is 5. The van der Waals surface area contributed by atoms with Crippen molar-refractivity contribution in [2.24, 2.45) is 5.73 Å². The van der Waals surface area contributed by atoms with Crippen LogP contribution in [0.2, 0.25) is 5.02 Å². The Morgan fingerprint density at radius 2 is 1.86 bits per heavy atom. The van der Waals surface area contributed by atoms with E-state index in [0.29, 0.717) is 16.3 Å². The Morgan fingerprint density at radius 3 is 2.57 bits per heavy atom. The second-order valence-electron chi connectivity index (χ2n) is 8.70. The first-order valence-corrected chi connectivity index (χ1v) is 12.3. The Morgan fingerprint density at radius 1 is 1.14 bits per heavy atom. The van der Waals surface area contributed by atoms with Gasteiger partial charge in [-0.25, -0.2) is 4.79 Å². The second-order valence-corrected chi connectivity index (χ2v) is 9.87. The van der Waals surface area contributed by atoms with Crippen molar-refractivity contribution in [3.63, 3.8) is 0 Å². The summed E-state index contributed by atoms with van der Waals surface area (Å²) in [6.07, 6.45) is 1.66. The average molecular weight is 540 g/mol. The topological polar surface area (TPSA) is 101 Å². The lowest BCUT2D eigenvalue weighted by molar-refractivity contribution is -0.118. The van der Waals surface area contributed by atoms with Crippen LogP contribution in [0, 0.1) is 0 Å². The van der Waals surface area contributed by atoms with Gasteiger partial charge in [0.15, 0.2) is 10.8 Å². The molecule has 192 valence electrons. The minimum atomic E-state index is -1.46. The van der Waals surface area contributed by atoms with Crippen molar-refractivity contribution < 1.29 is 14.3 Å². The third-order valence-electron chi connectivity index (χ3n) is 5.91. The number of nitrogens with one attached hydrogen (secondary N) is 1. The number of nitrogens with zero attached hydrogens (tertiary/aromatic N) is 3. The molecule has 0 bridgehead atoms. The zero-order chi connectivity index (χ0) is 26.6. The van der Waals surface area contributed by atoms with Crippen LogP contribution in [0.4, 0.5) is 10.5 Å². The van der Waals surface area contributed by atoms with E-state index in [1.165, 1.54) is 9.80 Å². The van der Waals surface area contributed by atoms with E-state index in [0.717, 1.165) is 11.3 Å². The fourth-order valence-electron chi connectivity index (χ4n) is 4.09. The summed E-state index contributed by atoms with van der Waals surface area (Å²) < 4.78 is 6.09. The highest BCUT2D eigenvalue weighted by Gasteiger charge is 2.46. The Balaban J connectivity index is 1.55. The number of carbonyl (C=O) groups excluding carboxylic acids is 2. The molecule has 1 atom stereocenters. The summed E-state index contributed by atoms with van der Waals surface area (Å²) in [6, 6.07) is 19.5. The highest BCUT2D eigenvalue weighted by atomic mass is 35.5. The maximum atomic E-state index is 13.5. The molecule has 1 unspecified atom stereocenters. The molecule has 0 spiro atoms. The van der Waals surface area contributed by atoms with Crippen LogP contribution in [0.25, 0.3) is 5.70 Å².